The van der Waals surface area contributed by atoms with Crippen LogP contribution in [-0.2, 0) is 6.54 Å². The van der Waals surface area contributed by atoms with Gasteiger partial charge in [0.1, 0.15) is 6.07 Å². The highest BCUT2D eigenvalue weighted by molar-refractivity contribution is 6.37. The van der Waals surface area contributed by atoms with Gasteiger partial charge < -0.3 is 4.57 Å². The van der Waals surface area contributed by atoms with Gasteiger partial charge in [-0.15, -0.1) is 0 Å². The van der Waals surface area contributed by atoms with Crippen molar-refractivity contribution in [1.82, 2.24) is 9.55 Å². The Kier molecular flexibility index (Phi) is 4.38. The fourth-order valence-electron chi connectivity index (χ4n) is 2.54. The topological polar surface area (TPSA) is 41.6 Å². The van der Waals surface area contributed by atoms with Gasteiger partial charge in [0.25, 0.3) is 0 Å². The molecule has 3 nitrogen and oxygen atoms in total. The molecule has 0 N–H and O–H groups in total. The molecule has 5 heteroatoms. The molecular formula is C18H13Cl2N3. The van der Waals surface area contributed by atoms with Crippen molar-refractivity contribution in [2.45, 2.75) is 13.5 Å². The number of allylic oxidation sites excluding steroid dienone is 1. The van der Waals surface area contributed by atoms with E-state index in [0.717, 1.165) is 11.0 Å². The summed E-state index contributed by atoms with van der Waals surface area (Å²) in [6.07, 6.45) is 1.69. The number of imidazole rings is 1. The van der Waals surface area contributed by atoms with Crippen molar-refractivity contribution < 1.29 is 0 Å². The van der Waals surface area contributed by atoms with Crippen LogP contribution < -0.4 is 0 Å². The van der Waals surface area contributed by atoms with Crippen molar-refractivity contribution >= 4 is 45.9 Å². The van der Waals surface area contributed by atoms with E-state index in [1.807, 2.05) is 35.8 Å². The van der Waals surface area contributed by atoms with E-state index in [-0.39, 0.29) is 0 Å². The summed E-state index contributed by atoms with van der Waals surface area (Å²) < 4.78 is 2.01. The van der Waals surface area contributed by atoms with E-state index in [1.54, 1.807) is 24.3 Å². The quantitative estimate of drug-likeness (QED) is 0.596. The predicted molar refractivity (Wildman–Crippen MR) is 95.4 cm³/mol. The lowest BCUT2D eigenvalue weighted by atomic mass is 10.1. The molecule has 1 heterocycles. The second-order valence-corrected chi connectivity index (χ2v) is 5.79. The van der Waals surface area contributed by atoms with Crippen molar-refractivity contribution in [3.8, 4) is 6.07 Å². The van der Waals surface area contributed by atoms with Crippen LogP contribution in [0.3, 0.4) is 0 Å². The summed E-state index contributed by atoms with van der Waals surface area (Å²) in [6, 6.07) is 15.3. The van der Waals surface area contributed by atoms with Crippen LogP contribution in [0.5, 0.6) is 0 Å². The Balaban J connectivity index is 2.23. The highest BCUT2D eigenvalue weighted by atomic mass is 35.5. The third kappa shape index (κ3) is 2.84. The molecule has 0 amide bonds. The zero-order valence-electron chi connectivity index (χ0n) is 12.4. The third-order valence-corrected chi connectivity index (χ3v) is 4.28. The highest BCUT2D eigenvalue weighted by Crippen LogP contribution is 2.29. The first-order valence-corrected chi connectivity index (χ1v) is 7.92. The lowest BCUT2D eigenvalue weighted by Gasteiger charge is -2.06. The SMILES string of the molecule is CCn1c(/C(C#N)=C\c2c(Cl)cccc2Cl)nc2ccccc21. The summed E-state index contributed by atoms with van der Waals surface area (Å²) >= 11 is 12.4. The van der Waals surface area contributed by atoms with Gasteiger partial charge >= 0.3 is 0 Å². The number of halogens is 2. The average Bonchev–Trinajstić information content (AvgIpc) is 2.93. The molecule has 2 aromatic carbocycles. The molecule has 23 heavy (non-hydrogen) atoms. The van der Waals surface area contributed by atoms with E-state index in [2.05, 4.69) is 11.1 Å². The number of hydrogen-bond acceptors (Lipinski definition) is 2. The van der Waals surface area contributed by atoms with Gasteiger partial charge in [-0.05, 0) is 37.3 Å². The number of para-hydroxylation sites is 2. The molecule has 114 valence electrons. The Morgan fingerprint density at radius 2 is 1.87 bits per heavy atom. The van der Waals surface area contributed by atoms with Crippen molar-refractivity contribution in [3.63, 3.8) is 0 Å². The lowest BCUT2D eigenvalue weighted by molar-refractivity contribution is 0.775. The van der Waals surface area contributed by atoms with Crippen molar-refractivity contribution in [1.29, 1.82) is 5.26 Å². The van der Waals surface area contributed by atoms with Crippen LogP contribution in [0.25, 0.3) is 22.7 Å². The Labute approximate surface area is 144 Å². The van der Waals surface area contributed by atoms with Gasteiger partial charge in [0.2, 0.25) is 0 Å². The van der Waals surface area contributed by atoms with Crippen LogP contribution >= 0.6 is 23.2 Å². The minimum Gasteiger partial charge on any atom is -0.324 e. The molecule has 0 spiro atoms. The van der Waals surface area contributed by atoms with Crippen LogP contribution in [0.2, 0.25) is 10.0 Å². The Hall–Kier alpha value is -2.28. The Bertz CT molecular complexity index is 928. The van der Waals surface area contributed by atoms with Gasteiger partial charge in [0, 0.05) is 22.2 Å². The number of nitrogens with zero attached hydrogens (tertiary/aromatic N) is 3. The van der Waals surface area contributed by atoms with Crippen molar-refractivity contribution in [3.05, 3.63) is 63.9 Å². The number of aryl methyl sites for hydroxylation is 1. The molecule has 0 atom stereocenters. The van der Waals surface area contributed by atoms with Crippen LogP contribution in [0, 0.1) is 11.3 Å². The standard InChI is InChI=1S/C18H13Cl2N3/c1-2-23-17-9-4-3-8-16(17)22-18(23)12(11-21)10-13-14(19)6-5-7-15(13)20/h3-10H,2H2,1H3/b12-10-. The van der Waals surface area contributed by atoms with Crippen LogP contribution in [0.15, 0.2) is 42.5 Å². The molecule has 0 radical (unpaired) electrons. The number of rotatable bonds is 3. The number of nitriles is 1. The molecule has 1 aromatic heterocycles. The normalized spacial score (nSPS) is 11.7. The van der Waals surface area contributed by atoms with Gasteiger partial charge in [0.05, 0.1) is 16.6 Å². The molecule has 0 fully saturated rings. The smallest absolute Gasteiger partial charge is 0.151 e. The maximum Gasteiger partial charge on any atom is 0.151 e. The van der Waals surface area contributed by atoms with E-state index >= 15 is 0 Å². The van der Waals surface area contributed by atoms with Gasteiger partial charge in [-0.25, -0.2) is 4.98 Å². The summed E-state index contributed by atoms with van der Waals surface area (Å²) in [4.78, 5) is 4.60. The summed E-state index contributed by atoms with van der Waals surface area (Å²) in [5, 5.41) is 10.6. The van der Waals surface area contributed by atoms with Crippen molar-refractivity contribution in [2.75, 3.05) is 0 Å². The van der Waals surface area contributed by atoms with Crippen LogP contribution in [0.4, 0.5) is 0 Å². The lowest BCUT2D eigenvalue weighted by Crippen LogP contribution is -2.00. The van der Waals surface area contributed by atoms with E-state index in [0.29, 0.717) is 33.6 Å². The second kappa shape index (κ2) is 6.45. The minimum atomic E-state index is 0.429. The summed E-state index contributed by atoms with van der Waals surface area (Å²) in [5.74, 6) is 0.618. The van der Waals surface area contributed by atoms with Crippen molar-refractivity contribution in [2.24, 2.45) is 0 Å². The fourth-order valence-corrected chi connectivity index (χ4v) is 3.05. The molecular weight excluding hydrogens is 329 g/mol. The molecule has 0 saturated heterocycles. The average molecular weight is 342 g/mol. The summed E-state index contributed by atoms with van der Waals surface area (Å²) in [6.45, 7) is 2.74. The molecule has 0 aliphatic heterocycles. The minimum absolute atomic E-state index is 0.429. The number of benzene rings is 2. The zero-order chi connectivity index (χ0) is 16.4. The van der Waals surface area contributed by atoms with E-state index in [9.17, 15) is 5.26 Å². The van der Waals surface area contributed by atoms with E-state index < -0.39 is 0 Å². The number of hydrogen-bond donors (Lipinski definition) is 0. The van der Waals surface area contributed by atoms with Gasteiger partial charge in [0.15, 0.2) is 5.82 Å². The number of fused-ring (bicyclic) bond motifs is 1. The third-order valence-electron chi connectivity index (χ3n) is 3.62. The first-order chi connectivity index (χ1) is 11.2. The molecule has 0 bridgehead atoms. The highest BCUT2D eigenvalue weighted by Gasteiger charge is 2.14. The fraction of sp³-hybridized carbons (Fsp3) is 0.111. The molecule has 0 aliphatic rings. The van der Waals surface area contributed by atoms with Crippen LogP contribution in [-0.4, -0.2) is 9.55 Å². The molecule has 3 aromatic rings. The summed E-state index contributed by atoms with van der Waals surface area (Å²) in [5.41, 5.74) is 2.91. The second-order valence-electron chi connectivity index (χ2n) is 4.97. The first kappa shape index (κ1) is 15.6. The monoisotopic (exact) mass is 341 g/mol. The first-order valence-electron chi connectivity index (χ1n) is 7.17. The van der Waals surface area contributed by atoms with Gasteiger partial charge in [-0.1, -0.05) is 41.4 Å². The predicted octanol–water partition coefficient (Wildman–Crippen LogP) is 5.43. The molecule has 0 saturated carbocycles. The molecule has 0 aliphatic carbocycles. The number of aromatic nitrogens is 2. The van der Waals surface area contributed by atoms with Crippen LogP contribution in [0.1, 0.15) is 18.3 Å². The zero-order valence-corrected chi connectivity index (χ0v) is 13.9. The maximum absolute atomic E-state index is 9.61. The van der Waals surface area contributed by atoms with E-state index in [1.165, 1.54) is 0 Å². The van der Waals surface area contributed by atoms with Gasteiger partial charge in [-0.3, -0.25) is 0 Å². The molecule has 3 rings (SSSR count). The van der Waals surface area contributed by atoms with E-state index in [4.69, 9.17) is 23.2 Å². The summed E-state index contributed by atoms with van der Waals surface area (Å²) in [7, 11) is 0. The largest absolute Gasteiger partial charge is 0.324 e. The maximum atomic E-state index is 9.61. The Morgan fingerprint density at radius 1 is 1.17 bits per heavy atom. The Morgan fingerprint density at radius 3 is 2.52 bits per heavy atom. The van der Waals surface area contributed by atoms with Gasteiger partial charge in [-0.2, -0.15) is 5.26 Å². The molecule has 0 unspecified atom stereocenters.